The summed E-state index contributed by atoms with van der Waals surface area (Å²) >= 11 is 0. The molecule has 0 amide bonds. The summed E-state index contributed by atoms with van der Waals surface area (Å²) in [6.45, 7) is 11.2. The van der Waals surface area contributed by atoms with Gasteiger partial charge < -0.3 is 0 Å². The molecule has 0 aliphatic carbocycles. The normalized spacial score (nSPS) is 11.8. The Morgan fingerprint density at radius 2 is 1.50 bits per heavy atom. The average Bonchev–Trinajstić information content (AvgIpc) is 2.13. The zero-order valence-electron chi connectivity index (χ0n) is 11.1. The van der Waals surface area contributed by atoms with Crippen LogP contribution >= 0.6 is 0 Å². The minimum absolute atomic E-state index is 0.0775. The first-order valence-corrected chi connectivity index (χ1v) is 5.87. The van der Waals surface area contributed by atoms with Crippen molar-refractivity contribution in [1.29, 1.82) is 0 Å². The van der Waals surface area contributed by atoms with Crippen molar-refractivity contribution in [2.45, 2.75) is 41.0 Å². The van der Waals surface area contributed by atoms with Crippen LogP contribution in [0.5, 0.6) is 0 Å². The molecule has 0 aliphatic rings. The number of rotatable bonds is 1. The zero-order chi connectivity index (χ0) is 12.2. The molecule has 0 saturated heterocycles. The Labute approximate surface area is 100 Å². The van der Waals surface area contributed by atoms with Crippen LogP contribution in [0.25, 0.3) is 0 Å². The lowest BCUT2D eigenvalue weighted by atomic mass is 9.76. The smallest absolute Gasteiger partial charge is 0.0267 e. The van der Waals surface area contributed by atoms with Crippen LogP contribution in [0.1, 0.15) is 46.6 Å². The van der Waals surface area contributed by atoms with Gasteiger partial charge in [-0.15, -0.1) is 0 Å². The standard InChI is InChI=1S/C16H22/c1-15(2,3)13-16(4,5)12-11-14-9-7-6-8-10-14/h6-10H,13H2,1-5H3. The van der Waals surface area contributed by atoms with Crippen molar-refractivity contribution in [3.63, 3.8) is 0 Å². The Morgan fingerprint density at radius 1 is 0.938 bits per heavy atom. The highest BCUT2D eigenvalue weighted by Gasteiger charge is 2.23. The fourth-order valence-corrected chi connectivity index (χ4v) is 2.13. The van der Waals surface area contributed by atoms with Gasteiger partial charge in [0.25, 0.3) is 0 Å². The monoisotopic (exact) mass is 214 g/mol. The van der Waals surface area contributed by atoms with E-state index in [1.807, 2.05) is 18.2 Å². The third-order valence-electron chi connectivity index (χ3n) is 2.29. The van der Waals surface area contributed by atoms with Crippen LogP contribution in [0.2, 0.25) is 0 Å². The first kappa shape index (κ1) is 12.8. The third kappa shape index (κ3) is 5.03. The van der Waals surface area contributed by atoms with Crippen LogP contribution in [0.3, 0.4) is 0 Å². The third-order valence-corrected chi connectivity index (χ3v) is 2.29. The van der Waals surface area contributed by atoms with Crippen molar-refractivity contribution in [2.75, 3.05) is 0 Å². The van der Waals surface area contributed by atoms with Crippen molar-refractivity contribution in [3.05, 3.63) is 35.9 Å². The zero-order valence-corrected chi connectivity index (χ0v) is 11.1. The Balaban J connectivity index is 2.77. The minimum atomic E-state index is 0.0775. The van der Waals surface area contributed by atoms with Crippen LogP contribution in [0, 0.1) is 22.7 Å². The lowest BCUT2D eigenvalue weighted by Crippen LogP contribution is -2.18. The molecule has 0 saturated carbocycles. The van der Waals surface area contributed by atoms with Crippen molar-refractivity contribution in [2.24, 2.45) is 10.8 Å². The molecule has 0 atom stereocenters. The van der Waals surface area contributed by atoms with Gasteiger partial charge >= 0.3 is 0 Å². The van der Waals surface area contributed by atoms with Crippen molar-refractivity contribution in [1.82, 2.24) is 0 Å². The fourth-order valence-electron chi connectivity index (χ4n) is 2.13. The number of hydrogen-bond donors (Lipinski definition) is 0. The Hall–Kier alpha value is -1.22. The molecule has 0 unspecified atom stereocenters. The van der Waals surface area contributed by atoms with Crippen LogP contribution in [-0.2, 0) is 0 Å². The van der Waals surface area contributed by atoms with Crippen LogP contribution in [0.15, 0.2) is 30.3 Å². The predicted octanol–water partition coefficient (Wildman–Crippen LogP) is 4.50. The summed E-state index contributed by atoms with van der Waals surface area (Å²) < 4.78 is 0. The molecule has 86 valence electrons. The maximum atomic E-state index is 3.38. The van der Waals surface area contributed by atoms with Gasteiger partial charge in [0.15, 0.2) is 0 Å². The predicted molar refractivity (Wildman–Crippen MR) is 71.2 cm³/mol. The van der Waals surface area contributed by atoms with Gasteiger partial charge in [0.2, 0.25) is 0 Å². The molecule has 0 nitrogen and oxygen atoms in total. The molecular weight excluding hydrogens is 192 g/mol. The van der Waals surface area contributed by atoms with Crippen LogP contribution < -0.4 is 0 Å². The molecule has 0 aliphatic heterocycles. The number of benzene rings is 1. The lowest BCUT2D eigenvalue weighted by Gasteiger charge is -2.27. The van der Waals surface area contributed by atoms with Gasteiger partial charge in [-0.25, -0.2) is 0 Å². The summed E-state index contributed by atoms with van der Waals surface area (Å²) in [6, 6.07) is 10.2. The highest BCUT2D eigenvalue weighted by atomic mass is 14.3. The van der Waals surface area contributed by atoms with E-state index in [0.29, 0.717) is 5.41 Å². The second-order valence-electron chi connectivity index (χ2n) is 6.24. The summed E-state index contributed by atoms with van der Waals surface area (Å²) in [5, 5.41) is 0. The molecule has 0 N–H and O–H groups in total. The molecule has 0 heteroatoms. The quantitative estimate of drug-likeness (QED) is 0.604. The molecule has 0 bridgehead atoms. The van der Waals surface area contributed by atoms with Gasteiger partial charge in [-0.2, -0.15) is 0 Å². The molecule has 0 spiro atoms. The minimum Gasteiger partial charge on any atom is -0.0916 e. The molecule has 1 rings (SSSR count). The highest BCUT2D eigenvalue weighted by molar-refractivity contribution is 5.34. The van der Waals surface area contributed by atoms with Gasteiger partial charge in [0.1, 0.15) is 0 Å². The summed E-state index contributed by atoms with van der Waals surface area (Å²) in [6.07, 6.45) is 1.11. The van der Waals surface area contributed by atoms with E-state index in [1.54, 1.807) is 0 Å². The molecule has 0 radical (unpaired) electrons. The van der Waals surface area contributed by atoms with Crippen molar-refractivity contribution < 1.29 is 0 Å². The molecule has 1 aromatic rings. The molecule has 0 aromatic heterocycles. The van der Waals surface area contributed by atoms with E-state index >= 15 is 0 Å². The van der Waals surface area contributed by atoms with Gasteiger partial charge in [-0.3, -0.25) is 0 Å². The van der Waals surface area contributed by atoms with Crippen molar-refractivity contribution >= 4 is 0 Å². The Kier molecular flexibility index (Phi) is 3.81. The average molecular weight is 214 g/mol. The lowest BCUT2D eigenvalue weighted by molar-refractivity contribution is 0.271. The first-order valence-electron chi connectivity index (χ1n) is 5.87. The topological polar surface area (TPSA) is 0 Å². The fraction of sp³-hybridized carbons (Fsp3) is 0.500. The second-order valence-corrected chi connectivity index (χ2v) is 6.24. The summed E-state index contributed by atoms with van der Waals surface area (Å²) in [5.41, 5.74) is 1.51. The second kappa shape index (κ2) is 4.74. The maximum Gasteiger partial charge on any atom is 0.0267 e. The van der Waals surface area contributed by atoms with E-state index in [9.17, 15) is 0 Å². The summed E-state index contributed by atoms with van der Waals surface area (Å²) in [5.74, 6) is 6.64. The Bertz CT molecular complexity index is 380. The molecule has 16 heavy (non-hydrogen) atoms. The van der Waals surface area contributed by atoms with Gasteiger partial charge in [0.05, 0.1) is 0 Å². The van der Waals surface area contributed by atoms with E-state index in [2.05, 4.69) is 58.6 Å². The van der Waals surface area contributed by atoms with Crippen LogP contribution in [0.4, 0.5) is 0 Å². The van der Waals surface area contributed by atoms with E-state index in [4.69, 9.17) is 0 Å². The van der Waals surface area contributed by atoms with Crippen LogP contribution in [-0.4, -0.2) is 0 Å². The van der Waals surface area contributed by atoms with Crippen molar-refractivity contribution in [3.8, 4) is 11.8 Å². The highest BCUT2D eigenvalue weighted by Crippen LogP contribution is 2.32. The SMILES string of the molecule is CC(C)(C)CC(C)(C)C#Cc1ccccc1. The first-order chi connectivity index (χ1) is 7.29. The van der Waals surface area contributed by atoms with E-state index in [1.165, 1.54) is 0 Å². The molecule has 0 fully saturated rings. The van der Waals surface area contributed by atoms with E-state index in [-0.39, 0.29) is 5.41 Å². The van der Waals surface area contributed by atoms with E-state index < -0.39 is 0 Å². The molecule has 1 aromatic carbocycles. The maximum absolute atomic E-state index is 3.38. The van der Waals surface area contributed by atoms with Gasteiger partial charge in [-0.1, -0.05) is 50.8 Å². The molecular formula is C16H22. The van der Waals surface area contributed by atoms with E-state index in [0.717, 1.165) is 12.0 Å². The Morgan fingerprint density at radius 3 is 2.00 bits per heavy atom. The molecule has 0 heterocycles. The summed E-state index contributed by atoms with van der Waals surface area (Å²) in [4.78, 5) is 0. The van der Waals surface area contributed by atoms with Gasteiger partial charge in [-0.05, 0) is 37.8 Å². The van der Waals surface area contributed by atoms with Gasteiger partial charge in [0, 0.05) is 11.0 Å². The largest absolute Gasteiger partial charge is 0.0916 e. The number of hydrogen-bond acceptors (Lipinski definition) is 0. The summed E-state index contributed by atoms with van der Waals surface area (Å²) in [7, 11) is 0.